The summed E-state index contributed by atoms with van der Waals surface area (Å²) in [6.45, 7) is 4.92. The summed E-state index contributed by atoms with van der Waals surface area (Å²) in [6.07, 6.45) is 4.80. The average molecular weight is 350 g/mol. The SMILES string of the molecule is NCCCNCCCCCNCc1c2ccccc2cc2ccccc12. The first-order valence-corrected chi connectivity index (χ1v) is 9.91. The molecule has 0 aliphatic rings. The molecule has 0 aliphatic carbocycles. The molecular weight excluding hydrogens is 318 g/mol. The minimum absolute atomic E-state index is 0.778. The number of hydrogen-bond donors (Lipinski definition) is 3. The van der Waals surface area contributed by atoms with E-state index in [0.29, 0.717) is 0 Å². The zero-order valence-corrected chi connectivity index (χ0v) is 15.6. The van der Waals surface area contributed by atoms with E-state index in [1.807, 2.05) is 0 Å². The number of benzene rings is 3. The summed E-state index contributed by atoms with van der Waals surface area (Å²) in [5.74, 6) is 0. The van der Waals surface area contributed by atoms with Gasteiger partial charge in [-0.05, 0) is 78.6 Å². The van der Waals surface area contributed by atoms with Crippen LogP contribution in [0.1, 0.15) is 31.2 Å². The number of fused-ring (bicyclic) bond motifs is 2. The van der Waals surface area contributed by atoms with E-state index in [4.69, 9.17) is 5.73 Å². The molecule has 0 aromatic heterocycles. The van der Waals surface area contributed by atoms with Crippen LogP contribution in [-0.4, -0.2) is 26.2 Å². The van der Waals surface area contributed by atoms with Crippen LogP contribution in [0.2, 0.25) is 0 Å². The summed E-state index contributed by atoms with van der Waals surface area (Å²) in [4.78, 5) is 0. The van der Waals surface area contributed by atoms with Crippen molar-refractivity contribution in [3.05, 3.63) is 60.2 Å². The lowest BCUT2D eigenvalue weighted by atomic mass is 9.97. The molecule has 3 aromatic carbocycles. The molecule has 4 N–H and O–H groups in total. The highest BCUT2D eigenvalue weighted by Gasteiger charge is 2.06. The van der Waals surface area contributed by atoms with Crippen molar-refractivity contribution in [2.45, 2.75) is 32.2 Å². The van der Waals surface area contributed by atoms with Gasteiger partial charge in [0.1, 0.15) is 0 Å². The Kier molecular flexibility index (Phi) is 7.44. The van der Waals surface area contributed by atoms with Crippen LogP contribution in [0.4, 0.5) is 0 Å². The van der Waals surface area contributed by atoms with Gasteiger partial charge in [-0.15, -0.1) is 0 Å². The third-order valence-electron chi connectivity index (χ3n) is 4.95. The molecule has 0 radical (unpaired) electrons. The zero-order chi connectivity index (χ0) is 18.0. The van der Waals surface area contributed by atoms with Gasteiger partial charge < -0.3 is 16.4 Å². The van der Waals surface area contributed by atoms with Crippen LogP contribution in [0.3, 0.4) is 0 Å². The van der Waals surface area contributed by atoms with E-state index in [9.17, 15) is 0 Å². The van der Waals surface area contributed by atoms with Gasteiger partial charge in [0.2, 0.25) is 0 Å². The highest BCUT2D eigenvalue weighted by Crippen LogP contribution is 2.28. The number of nitrogens with two attached hydrogens (primary N) is 1. The van der Waals surface area contributed by atoms with Gasteiger partial charge in [0, 0.05) is 6.54 Å². The van der Waals surface area contributed by atoms with Crippen molar-refractivity contribution in [3.63, 3.8) is 0 Å². The Hall–Kier alpha value is -1.94. The largest absolute Gasteiger partial charge is 0.330 e. The maximum absolute atomic E-state index is 5.49. The lowest BCUT2D eigenvalue weighted by molar-refractivity contribution is 0.567. The molecule has 0 heterocycles. The van der Waals surface area contributed by atoms with Crippen LogP contribution in [0.5, 0.6) is 0 Å². The van der Waals surface area contributed by atoms with Crippen LogP contribution in [0.25, 0.3) is 21.5 Å². The smallest absolute Gasteiger partial charge is 0.0217 e. The van der Waals surface area contributed by atoms with Gasteiger partial charge >= 0.3 is 0 Å². The Morgan fingerprint density at radius 3 is 1.88 bits per heavy atom. The number of rotatable bonds is 11. The van der Waals surface area contributed by atoms with E-state index in [1.54, 1.807) is 0 Å². The first kappa shape index (κ1) is 18.8. The molecule has 3 rings (SSSR count). The predicted molar refractivity (Wildman–Crippen MR) is 114 cm³/mol. The summed E-state index contributed by atoms with van der Waals surface area (Å²) >= 11 is 0. The minimum Gasteiger partial charge on any atom is -0.330 e. The van der Waals surface area contributed by atoms with Crippen molar-refractivity contribution in [2.24, 2.45) is 5.73 Å². The fourth-order valence-corrected chi connectivity index (χ4v) is 3.54. The number of nitrogens with one attached hydrogen (secondary N) is 2. The van der Waals surface area contributed by atoms with Crippen molar-refractivity contribution in [1.29, 1.82) is 0 Å². The summed E-state index contributed by atoms with van der Waals surface area (Å²) in [6, 6.07) is 19.7. The zero-order valence-electron chi connectivity index (χ0n) is 15.6. The first-order valence-electron chi connectivity index (χ1n) is 9.91. The van der Waals surface area contributed by atoms with Crippen molar-refractivity contribution in [3.8, 4) is 0 Å². The Labute approximate surface area is 157 Å². The van der Waals surface area contributed by atoms with E-state index < -0.39 is 0 Å². The Balaban J connectivity index is 1.52. The quantitative estimate of drug-likeness (QED) is 0.359. The van der Waals surface area contributed by atoms with E-state index >= 15 is 0 Å². The van der Waals surface area contributed by atoms with Gasteiger partial charge in [-0.1, -0.05) is 55.0 Å². The number of unbranched alkanes of at least 4 members (excludes halogenated alkanes) is 2. The van der Waals surface area contributed by atoms with Crippen LogP contribution >= 0.6 is 0 Å². The fraction of sp³-hybridized carbons (Fsp3) is 0.391. The van der Waals surface area contributed by atoms with E-state index in [-0.39, 0.29) is 0 Å². The molecule has 0 saturated carbocycles. The lowest BCUT2D eigenvalue weighted by Crippen LogP contribution is -2.20. The van der Waals surface area contributed by atoms with E-state index in [0.717, 1.165) is 39.1 Å². The maximum atomic E-state index is 5.49. The molecule has 0 bridgehead atoms. The van der Waals surface area contributed by atoms with Crippen molar-refractivity contribution in [2.75, 3.05) is 26.2 Å². The van der Waals surface area contributed by atoms with Crippen LogP contribution in [0.15, 0.2) is 54.6 Å². The third kappa shape index (κ3) is 5.04. The molecule has 0 spiro atoms. The molecule has 0 aliphatic heterocycles. The highest BCUT2D eigenvalue weighted by atomic mass is 14.9. The highest BCUT2D eigenvalue weighted by molar-refractivity contribution is 6.02. The molecule has 0 unspecified atom stereocenters. The molecule has 0 amide bonds. The van der Waals surface area contributed by atoms with Crippen LogP contribution < -0.4 is 16.4 Å². The average Bonchev–Trinajstić information content (AvgIpc) is 2.68. The molecule has 3 heteroatoms. The molecule has 26 heavy (non-hydrogen) atoms. The van der Waals surface area contributed by atoms with Gasteiger partial charge in [-0.2, -0.15) is 0 Å². The summed E-state index contributed by atoms with van der Waals surface area (Å²) < 4.78 is 0. The molecule has 0 saturated heterocycles. The minimum atomic E-state index is 0.778. The Bertz CT molecular complexity index is 759. The second-order valence-electron chi connectivity index (χ2n) is 6.93. The molecule has 3 nitrogen and oxygen atoms in total. The molecule has 0 atom stereocenters. The van der Waals surface area contributed by atoms with Gasteiger partial charge in [0.15, 0.2) is 0 Å². The fourth-order valence-electron chi connectivity index (χ4n) is 3.54. The van der Waals surface area contributed by atoms with E-state index in [1.165, 1.54) is 46.4 Å². The Morgan fingerprint density at radius 2 is 1.23 bits per heavy atom. The summed E-state index contributed by atoms with van der Waals surface area (Å²) in [5, 5.41) is 12.5. The second kappa shape index (κ2) is 10.3. The molecule has 3 aromatic rings. The van der Waals surface area contributed by atoms with Gasteiger partial charge in [0.05, 0.1) is 0 Å². The predicted octanol–water partition coefficient (Wildman–Crippen LogP) is 4.19. The molecule has 0 fully saturated rings. The van der Waals surface area contributed by atoms with Gasteiger partial charge in [-0.3, -0.25) is 0 Å². The van der Waals surface area contributed by atoms with Crippen molar-refractivity contribution >= 4 is 21.5 Å². The first-order chi connectivity index (χ1) is 12.9. The monoisotopic (exact) mass is 349 g/mol. The second-order valence-corrected chi connectivity index (χ2v) is 6.93. The van der Waals surface area contributed by atoms with E-state index in [2.05, 4.69) is 65.2 Å². The molecule has 138 valence electrons. The lowest BCUT2D eigenvalue weighted by Gasteiger charge is -2.12. The van der Waals surface area contributed by atoms with Gasteiger partial charge in [0.25, 0.3) is 0 Å². The van der Waals surface area contributed by atoms with Crippen molar-refractivity contribution in [1.82, 2.24) is 10.6 Å². The normalized spacial score (nSPS) is 11.4. The standard InChI is InChI=1S/C23H31N3/c24-13-8-16-25-14-6-1-7-15-26-18-23-21-11-4-2-9-19(21)17-20-10-3-5-12-22(20)23/h2-5,9-12,17,25-26H,1,6-8,13-16,18,24H2. The molecular formula is C23H31N3. The summed E-state index contributed by atoms with van der Waals surface area (Å²) in [5.41, 5.74) is 6.91. The maximum Gasteiger partial charge on any atom is 0.0217 e. The third-order valence-corrected chi connectivity index (χ3v) is 4.95. The van der Waals surface area contributed by atoms with Crippen molar-refractivity contribution < 1.29 is 0 Å². The van der Waals surface area contributed by atoms with Crippen LogP contribution in [0, 0.1) is 0 Å². The number of hydrogen-bond acceptors (Lipinski definition) is 3. The van der Waals surface area contributed by atoms with Crippen LogP contribution in [-0.2, 0) is 6.54 Å². The Morgan fingerprint density at radius 1 is 0.654 bits per heavy atom. The van der Waals surface area contributed by atoms with Gasteiger partial charge in [-0.25, -0.2) is 0 Å². The summed E-state index contributed by atoms with van der Waals surface area (Å²) in [7, 11) is 0. The topological polar surface area (TPSA) is 50.1 Å².